The van der Waals surface area contributed by atoms with E-state index in [-0.39, 0.29) is 0 Å². The third-order valence-electron chi connectivity index (χ3n) is 6.73. The number of hydrogen-bond acceptors (Lipinski definition) is 3. The molecule has 3 unspecified atom stereocenters. The highest BCUT2D eigenvalue weighted by molar-refractivity contribution is 5.08. The lowest BCUT2D eigenvalue weighted by molar-refractivity contribution is -0.0988. The van der Waals surface area contributed by atoms with Gasteiger partial charge in [0.15, 0.2) is 0 Å². The molecule has 5 fully saturated rings. The van der Waals surface area contributed by atoms with E-state index in [0.717, 1.165) is 24.3 Å². The molecule has 2 N–H and O–H groups in total. The van der Waals surface area contributed by atoms with Gasteiger partial charge in [0.25, 0.3) is 0 Å². The summed E-state index contributed by atoms with van der Waals surface area (Å²) in [6, 6.07) is 0. The van der Waals surface area contributed by atoms with Gasteiger partial charge in [-0.2, -0.15) is 0 Å². The van der Waals surface area contributed by atoms with Gasteiger partial charge in [0.2, 0.25) is 0 Å². The van der Waals surface area contributed by atoms with Crippen molar-refractivity contribution in [3.63, 3.8) is 0 Å². The molecule has 1 aliphatic carbocycles. The minimum atomic E-state index is 0.548. The van der Waals surface area contributed by atoms with E-state index in [2.05, 4.69) is 9.80 Å². The molecule has 5 rings (SSSR count). The number of piperidine rings is 2. The molecule has 3 atom stereocenters. The summed E-state index contributed by atoms with van der Waals surface area (Å²) in [5, 5.41) is 0. The summed E-state index contributed by atoms with van der Waals surface area (Å²) in [7, 11) is 0. The molecule has 19 heavy (non-hydrogen) atoms. The van der Waals surface area contributed by atoms with Gasteiger partial charge in [-0.15, -0.1) is 0 Å². The van der Waals surface area contributed by atoms with Crippen molar-refractivity contribution in [1.29, 1.82) is 0 Å². The van der Waals surface area contributed by atoms with Crippen LogP contribution in [-0.2, 0) is 0 Å². The van der Waals surface area contributed by atoms with Gasteiger partial charge in [0.1, 0.15) is 0 Å². The van der Waals surface area contributed by atoms with Gasteiger partial charge in [-0.1, -0.05) is 19.3 Å². The number of fused-ring (bicyclic) bond motifs is 1. The van der Waals surface area contributed by atoms with E-state index in [1.165, 1.54) is 71.4 Å². The highest BCUT2D eigenvalue weighted by Crippen LogP contribution is 2.53. The fraction of sp³-hybridized carbons (Fsp3) is 1.00. The van der Waals surface area contributed by atoms with Crippen LogP contribution in [0.3, 0.4) is 0 Å². The van der Waals surface area contributed by atoms with Gasteiger partial charge in [-0.05, 0) is 37.1 Å². The normalized spacial score (nSPS) is 50.4. The molecule has 0 amide bonds. The summed E-state index contributed by atoms with van der Waals surface area (Å²) in [6.07, 6.45) is 7.36. The molecule has 3 nitrogen and oxygen atoms in total. The molecular weight excluding hydrogens is 234 g/mol. The van der Waals surface area contributed by atoms with Crippen LogP contribution >= 0.6 is 0 Å². The average Bonchev–Trinajstić information content (AvgIpc) is 2.68. The molecule has 4 aliphatic heterocycles. The van der Waals surface area contributed by atoms with Gasteiger partial charge in [-0.3, -0.25) is 0 Å². The minimum absolute atomic E-state index is 0.548. The van der Waals surface area contributed by atoms with Crippen LogP contribution in [-0.4, -0.2) is 55.6 Å². The molecule has 0 spiro atoms. The van der Waals surface area contributed by atoms with Crippen molar-refractivity contribution in [2.45, 2.75) is 32.1 Å². The Morgan fingerprint density at radius 2 is 1.58 bits per heavy atom. The van der Waals surface area contributed by atoms with Crippen molar-refractivity contribution in [2.75, 3.05) is 45.8 Å². The van der Waals surface area contributed by atoms with Crippen LogP contribution in [0.2, 0.25) is 0 Å². The minimum Gasteiger partial charge on any atom is -0.330 e. The van der Waals surface area contributed by atoms with Gasteiger partial charge in [-0.25, -0.2) is 0 Å². The van der Waals surface area contributed by atoms with Crippen molar-refractivity contribution in [1.82, 2.24) is 9.80 Å². The summed E-state index contributed by atoms with van der Waals surface area (Å²) in [5.74, 6) is 2.62. The van der Waals surface area contributed by atoms with E-state index in [1.807, 2.05) is 0 Å². The Balaban J connectivity index is 1.69. The van der Waals surface area contributed by atoms with Crippen molar-refractivity contribution in [3.8, 4) is 0 Å². The smallest absolute Gasteiger partial charge is 0.0110 e. The zero-order valence-electron chi connectivity index (χ0n) is 12.2. The first-order valence-corrected chi connectivity index (χ1v) is 8.46. The van der Waals surface area contributed by atoms with Crippen molar-refractivity contribution < 1.29 is 0 Å². The standard InChI is InChI=1S/C16H29N3/c17-8-15-13-9-18-6-7-19(10-13)12-16(15,11-18)14-4-2-1-3-5-14/h13-15H,1-12,17H2. The predicted molar refractivity (Wildman–Crippen MR) is 77.9 cm³/mol. The van der Waals surface area contributed by atoms with Crippen LogP contribution in [0.1, 0.15) is 32.1 Å². The average molecular weight is 263 g/mol. The van der Waals surface area contributed by atoms with Crippen LogP contribution in [0.5, 0.6) is 0 Å². The summed E-state index contributed by atoms with van der Waals surface area (Å²) >= 11 is 0. The maximum Gasteiger partial charge on any atom is 0.0110 e. The molecular formula is C16H29N3. The summed E-state index contributed by atoms with van der Waals surface area (Å²) in [6.45, 7) is 8.91. The first-order chi connectivity index (χ1) is 9.32. The van der Waals surface area contributed by atoms with Crippen molar-refractivity contribution >= 4 is 0 Å². The predicted octanol–water partition coefficient (Wildman–Crippen LogP) is 1.39. The van der Waals surface area contributed by atoms with Gasteiger partial charge >= 0.3 is 0 Å². The maximum absolute atomic E-state index is 6.26. The second-order valence-corrected chi connectivity index (χ2v) is 7.64. The first kappa shape index (κ1) is 12.6. The van der Waals surface area contributed by atoms with Crippen molar-refractivity contribution in [3.05, 3.63) is 0 Å². The SMILES string of the molecule is NCC1C2CN3CCN(C2)CC1(C1CCCCC1)C3. The first-order valence-electron chi connectivity index (χ1n) is 8.46. The topological polar surface area (TPSA) is 32.5 Å². The fourth-order valence-corrected chi connectivity index (χ4v) is 5.98. The van der Waals surface area contributed by atoms with E-state index >= 15 is 0 Å². The van der Waals surface area contributed by atoms with E-state index in [1.54, 1.807) is 0 Å². The zero-order chi connectivity index (χ0) is 12.9. The van der Waals surface area contributed by atoms with Crippen LogP contribution in [0.15, 0.2) is 0 Å². The third-order valence-corrected chi connectivity index (χ3v) is 6.73. The molecule has 108 valence electrons. The Morgan fingerprint density at radius 1 is 0.947 bits per heavy atom. The van der Waals surface area contributed by atoms with E-state index in [4.69, 9.17) is 5.73 Å². The number of rotatable bonds is 2. The Kier molecular flexibility index (Phi) is 3.13. The summed E-state index contributed by atoms with van der Waals surface area (Å²) < 4.78 is 0. The lowest BCUT2D eigenvalue weighted by Gasteiger charge is -2.59. The van der Waals surface area contributed by atoms with Crippen LogP contribution in [0.4, 0.5) is 0 Å². The van der Waals surface area contributed by atoms with E-state index < -0.39 is 0 Å². The van der Waals surface area contributed by atoms with E-state index in [0.29, 0.717) is 5.41 Å². The molecule has 4 heterocycles. The summed E-state index contributed by atoms with van der Waals surface area (Å²) in [5.41, 5.74) is 6.81. The van der Waals surface area contributed by atoms with Crippen LogP contribution in [0.25, 0.3) is 0 Å². The third kappa shape index (κ3) is 1.89. The Bertz CT molecular complexity index is 321. The number of hydrogen-bond donors (Lipinski definition) is 1. The molecule has 0 aromatic carbocycles. The Hall–Kier alpha value is -0.120. The largest absolute Gasteiger partial charge is 0.330 e. The second kappa shape index (κ2) is 4.71. The van der Waals surface area contributed by atoms with Gasteiger partial charge in [0, 0.05) is 44.7 Å². The fourth-order valence-electron chi connectivity index (χ4n) is 5.98. The highest BCUT2D eigenvalue weighted by Gasteiger charge is 2.56. The molecule has 0 aromatic rings. The number of nitrogens with zero attached hydrogens (tertiary/aromatic N) is 2. The molecule has 1 saturated carbocycles. The molecule has 4 saturated heterocycles. The molecule has 5 aliphatic rings. The Labute approximate surface area is 117 Å². The molecule has 0 aromatic heterocycles. The lowest BCUT2D eigenvalue weighted by atomic mass is 9.55. The quantitative estimate of drug-likeness (QED) is 0.817. The highest BCUT2D eigenvalue weighted by atomic mass is 15.3. The van der Waals surface area contributed by atoms with Gasteiger partial charge < -0.3 is 15.5 Å². The maximum atomic E-state index is 6.26. The van der Waals surface area contributed by atoms with Gasteiger partial charge in [0.05, 0.1) is 0 Å². The monoisotopic (exact) mass is 263 g/mol. The van der Waals surface area contributed by atoms with Crippen molar-refractivity contribution in [2.24, 2.45) is 28.9 Å². The second-order valence-electron chi connectivity index (χ2n) is 7.64. The van der Waals surface area contributed by atoms with Crippen LogP contribution < -0.4 is 5.73 Å². The van der Waals surface area contributed by atoms with Crippen LogP contribution in [0, 0.1) is 23.2 Å². The lowest BCUT2D eigenvalue weighted by Crippen LogP contribution is -2.65. The Morgan fingerprint density at radius 3 is 2.16 bits per heavy atom. The van der Waals surface area contributed by atoms with E-state index in [9.17, 15) is 0 Å². The zero-order valence-corrected chi connectivity index (χ0v) is 12.2. The number of nitrogens with two attached hydrogens (primary N) is 1. The molecule has 0 radical (unpaired) electrons. The molecule has 4 bridgehead atoms. The summed E-state index contributed by atoms with van der Waals surface area (Å²) in [4.78, 5) is 5.55. The molecule has 3 heteroatoms.